The maximum Gasteiger partial charge on any atom is 0.319 e. The van der Waals surface area contributed by atoms with Gasteiger partial charge in [-0.05, 0) is 17.7 Å². The van der Waals surface area contributed by atoms with Gasteiger partial charge in [0.2, 0.25) is 0 Å². The number of anilines is 1. The highest BCUT2D eigenvalue weighted by Gasteiger charge is 2.05. The molecule has 0 saturated heterocycles. The molecule has 0 unspecified atom stereocenters. The quantitative estimate of drug-likeness (QED) is 0.805. The lowest BCUT2D eigenvalue weighted by molar-refractivity contribution is 0.251. The molecule has 0 bridgehead atoms. The fraction of sp³-hybridized carbons (Fsp3) is 0.235. The number of ether oxygens (including phenoxy) is 1. The van der Waals surface area contributed by atoms with Crippen LogP contribution in [0.3, 0.4) is 0 Å². The first-order valence-electron chi connectivity index (χ1n) is 7.42. The molecular weight excluding hydrogens is 328 g/mol. The number of benzene rings is 2. The van der Waals surface area contributed by atoms with Crippen molar-refractivity contribution in [3.63, 3.8) is 0 Å². The summed E-state index contributed by atoms with van der Waals surface area (Å²) in [4.78, 5) is 11.9. The molecule has 0 spiro atoms. The molecule has 2 rings (SSSR count). The standard InChI is InChI=1S/C17H20N2O4S/c1-24(21,22)11-10-23-16-9-5-8-15(12-16)19-17(20)18-13-14-6-3-2-4-7-14/h2-9,12H,10-11,13H2,1H3,(H2,18,19,20). The summed E-state index contributed by atoms with van der Waals surface area (Å²) < 4.78 is 27.5. The van der Waals surface area contributed by atoms with Crippen LogP contribution in [0.4, 0.5) is 10.5 Å². The van der Waals surface area contributed by atoms with E-state index in [2.05, 4.69) is 10.6 Å². The Bertz CT molecular complexity index is 776. The van der Waals surface area contributed by atoms with Crippen LogP contribution in [-0.2, 0) is 16.4 Å². The molecule has 0 heterocycles. The van der Waals surface area contributed by atoms with Crippen LogP contribution >= 0.6 is 0 Å². The molecule has 0 aromatic heterocycles. The third-order valence-corrected chi connectivity index (χ3v) is 4.02. The molecule has 0 fully saturated rings. The first-order valence-corrected chi connectivity index (χ1v) is 9.48. The van der Waals surface area contributed by atoms with Crippen molar-refractivity contribution < 1.29 is 17.9 Å². The molecule has 0 radical (unpaired) electrons. The Morgan fingerprint density at radius 1 is 1.08 bits per heavy atom. The lowest BCUT2D eigenvalue weighted by Gasteiger charge is -2.10. The number of hydrogen-bond acceptors (Lipinski definition) is 4. The van der Waals surface area contributed by atoms with E-state index in [0.29, 0.717) is 18.0 Å². The van der Waals surface area contributed by atoms with Gasteiger partial charge >= 0.3 is 6.03 Å². The van der Waals surface area contributed by atoms with E-state index in [-0.39, 0.29) is 18.4 Å². The summed E-state index contributed by atoms with van der Waals surface area (Å²) in [5.41, 5.74) is 1.57. The van der Waals surface area contributed by atoms with E-state index in [9.17, 15) is 13.2 Å². The molecule has 0 aliphatic rings. The number of nitrogens with one attached hydrogen (secondary N) is 2. The van der Waals surface area contributed by atoms with Crippen molar-refractivity contribution in [3.8, 4) is 5.75 Å². The van der Waals surface area contributed by atoms with Gasteiger partial charge in [0.15, 0.2) is 9.84 Å². The highest BCUT2D eigenvalue weighted by molar-refractivity contribution is 7.90. The Labute approximate surface area is 141 Å². The maximum absolute atomic E-state index is 11.9. The van der Waals surface area contributed by atoms with Gasteiger partial charge in [-0.3, -0.25) is 0 Å². The molecule has 2 aromatic carbocycles. The van der Waals surface area contributed by atoms with E-state index in [1.807, 2.05) is 30.3 Å². The predicted octanol–water partition coefficient (Wildman–Crippen LogP) is 2.43. The van der Waals surface area contributed by atoms with E-state index >= 15 is 0 Å². The second-order valence-corrected chi connectivity index (χ2v) is 7.56. The zero-order valence-electron chi connectivity index (χ0n) is 13.4. The zero-order chi connectivity index (χ0) is 17.4. The normalized spacial score (nSPS) is 10.9. The van der Waals surface area contributed by atoms with Crippen molar-refractivity contribution in [2.24, 2.45) is 0 Å². The Morgan fingerprint density at radius 3 is 2.54 bits per heavy atom. The van der Waals surface area contributed by atoms with E-state index in [0.717, 1.165) is 11.8 Å². The fourth-order valence-electron chi connectivity index (χ4n) is 1.93. The van der Waals surface area contributed by atoms with Gasteiger partial charge in [0, 0.05) is 24.6 Å². The predicted molar refractivity (Wildman–Crippen MR) is 93.9 cm³/mol. The van der Waals surface area contributed by atoms with Crippen molar-refractivity contribution in [3.05, 3.63) is 60.2 Å². The second kappa shape index (κ2) is 8.35. The number of hydrogen-bond donors (Lipinski definition) is 2. The van der Waals surface area contributed by atoms with Crippen molar-refractivity contribution in [1.29, 1.82) is 0 Å². The average molecular weight is 348 g/mol. The highest BCUT2D eigenvalue weighted by atomic mass is 32.2. The van der Waals surface area contributed by atoms with Crippen molar-refractivity contribution in [1.82, 2.24) is 5.32 Å². The minimum atomic E-state index is -3.06. The number of carbonyl (C=O) groups is 1. The summed E-state index contributed by atoms with van der Waals surface area (Å²) >= 11 is 0. The van der Waals surface area contributed by atoms with Crippen molar-refractivity contribution in [2.45, 2.75) is 6.54 Å². The Morgan fingerprint density at radius 2 is 1.83 bits per heavy atom. The van der Waals surface area contributed by atoms with Gasteiger partial charge in [0.25, 0.3) is 0 Å². The summed E-state index contributed by atoms with van der Waals surface area (Å²) in [5, 5.41) is 5.47. The topological polar surface area (TPSA) is 84.5 Å². The molecule has 0 aliphatic heterocycles. The minimum Gasteiger partial charge on any atom is -0.492 e. The van der Waals surface area contributed by atoms with Crippen LogP contribution in [0.15, 0.2) is 54.6 Å². The molecule has 0 atom stereocenters. The summed E-state index contributed by atoms with van der Waals surface area (Å²) in [6, 6.07) is 16.1. The van der Waals surface area contributed by atoms with Crippen molar-refractivity contribution in [2.75, 3.05) is 23.9 Å². The van der Waals surface area contributed by atoms with Crippen LogP contribution in [0.1, 0.15) is 5.56 Å². The minimum absolute atomic E-state index is 0.0534. The fourth-order valence-corrected chi connectivity index (χ4v) is 2.31. The van der Waals surface area contributed by atoms with Gasteiger partial charge in [-0.15, -0.1) is 0 Å². The smallest absolute Gasteiger partial charge is 0.319 e. The summed E-state index contributed by atoms with van der Waals surface area (Å²) in [5.74, 6) is 0.446. The van der Waals surface area contributed by atoms with Crippen LogP contribution in [0, 0.1) is 0 Å². The Hall–Kier alpha value is -2.54. The molecular formula is C17H20N2O4S. The SMILES string of the molecule is CS(=O)(=O)CCOc1cccc(NC(=O)NCc2ccccc2)c1. The van der Waals surface area contributed by atoms with Crippen LogP contribution in [0.25, 0.3) is 0 Å². The van der Waals surface area contributed by atoms with Crippen LogP contribution in [0.5, 0.6) is 5.75 Å². The lowest BCUT2D eigenvalue weighted by Crippen LogP contribution is -2.28. The van der Waals surface area contributed by atoms with Gasteiger partial charge < -0.3 is 15.4 Å². The average Bonchev–Trinajstić information content (AvgIpc) is 2.53. The first kappa shape index (κ1) is 17.8. The lowest BCUT2D eigenvalue weighted by atomic mass is 10.2. The molecule has 2 N–H and O–H groups in total. The van der Waals surface area contributed by atoms with Crippen LogP contribution < -0.4 is 15.4 Å². The highest BCUT2D eigenvalue weighted by Crippen LogP contribution is 2.17. The van der Waals surface area contributed by atoms with E-state index in [1.54, 1.807) is 24.3 Å². The van der Waals surface area contributed by atoms with Gasteiger partial charge in [-0.2, -0.15) is 0 Å². The molecule has 0 saturated carbocycles. The summed E-state index contributed by atoms with van der Waals surface area (Å²) in [6.45, 7) is 0.500. The maximum atomic E-state index is 11.9. The molecule has 2 aromatic rings. The van der Waals surface area contributed by atoms with Crippen LogP contribution in [0.2, 0.25) is 0 Å². The zero-order valence-corrected chi connectivity index (χ0v) is 14.2. The van der Waals surface area contributed by atoms with Gasteiger partial charge in [0.1, 0.15) is 12.4 Å². The van der Waals surface area contributed by atoms with E-state index < -0.39 is 9.84 Å². The number of amides is 2. The molecule has 6 nitrogen and oxygen atoms in total. The number of carbonyl (C=O) groups excluding carboxylic acids is 1. The Balaban J connectivity index is 1.83. The first-order chi connectivity index (χ1) is 11.4. The molecule has 7 heteroatoms. The van der Waals surface area contributed by atoms with Gasteiger partial charge in [-0.25, -0.2) is 13.2 Å². The Kier molecular flexibility index (Phi) is 6.20. The molecule has 0 aliphatic carbocycles. The number of urea groups is 1. The van der Waals surface area contributed by atoms with Gasteiger partial charge in [-0.1, -0.05) is 36.4 Å². The second-order valence-electron chi connectivity index (χ2n) is 5.30. The molecule has 2 amide bonds. The summed E-state index contributed by atoms with van der Waals surface area (Å²) in [7, 11) is -3.06. The third kappa shape index (κ3) is 6.70. The molecule has 128 valence electrons. The number of sulfone groups is 1. The van der Waals surface area contributed by atoms with Gasteiger partial charge in [0.05, 0.1) is 5.75 Å². The van der Waals surface area contributed by atoms with Crippen molar-refractivity contribution >= 4 is 21.6 Å². The largest absolute Gasteiger partial charge is 0.492 e. The number of rotatable bonds is 7. The van der Waals surface area contributed by atoms with E-state index in [4.69, 9.17) is 4.74 Å². The summed E-state index contributed by atoms with van der Waals surface area (Å²) in [6.07, 6.45) is 1.16. The van der Waals surface area contributed by atoms with Crippen LogP contribution in [-0.4, -0.2) is 33.1 Å². The monoisotopic (exact) mass is 348 g/mol. The molecule has 24 heavy (non-hydrogen) atoms. The third-order valence-electron chi connectivity index (χ3n) is 3.11. The van der Waals surface area contributed by atoms with E-state index in [1.165, 1.54) is 0 Å².